The summed E-state index contributed by atoms with van der Waals surface area (Å²) in [6, 6.07) is 7.87. The van der Waals surface area contributed by atoms with Crippen molar-refractivity contribution in [3.05, 3.63) is 35.0 Å². The first-order valence-corrected chi connectivity index (χ1v) is 5.77. The highest BCUT2D eigenvalue weighted by Crippen LogP contribution is 2.28. The van der Waals surface area contributed by atoms with E-state index in [2.05, 4.69) is 30.2 Å². The Bertz CT molecular complexity index is 521. The minimum absolute atomic E-state index is 0.423. The lowest BCUT2D eigenvalue weighted by Gasteiger charge is -2.11. The first kappa shape index (κ1) is 11.2. The monoisotopic (exact) mass is 234 g/mol. The van der Waals surface area contributed by atoms with E-state index in [0.29, 0.717) is 5.92 Å². The molecule has 3 heteroatoms. The molecule has 16 heavy (non-hydrogen) atoms. The van der Waals surface area contributed by atoms with Crippen LogP contribution in [-0.2, 0) is 0 Å². The highest BCUT2D eigenvalue weighted by molar-refractivity contribution is 6.31. The molecule has 0 bridgehead atoms. The van der Waals surface area contributed by atoms with Crippen LogP contribution < -0.4 is 5.32 Å². The summed E-state index contributed by atoms with van der Waals surface area (Å²) in [6.07, 6.45) is 0. The molecule has 0 amide bonds. The van der Waals surface area contributed by atoms with Crippen LogP contribution in [0.15, 0.2) is 24.3 Å². The third-order valence-electron chi connectivity index (χ3n) is 2.65. The van der Waals surface area contributed by atoms with Gasteiger partial charge >= 0.3 is 0 Å². The molecule has 2 rings (SSSR count). The molecule has 0 fully saturated rings. The third-order valence-corrected chi connectivity index (χ3v) is 2.89. The van der Waals surface area contributed by atoms with Gasteiger partial charge in [0, 0.05) is 28.8 Å². The van der Waals surface area contributed by atoms with E-state index >= 15 is 0 Å². The molecule has 1 aromatic heterocycles. The molecule has 1 heterocycles. The van der Waals surface area contributed by atoms with Crippen molar-refractivity contribution in [1.82, 2.24) is 4.98 Å². The van der Waals surface area contributed by atoms with Crippen LogP contribution in [0.1, 0.15) is 25.5 Å². The molecule has 0 saturated heterocycles. The Morgan fingerprint density at radius 3 is 2.62 bits per heavy atom. The van der Waals surface area contributed by atoms with Gasteiger partial charge in [0.05, 0.1) is 5.52 Å². The molecule has 0 radical (unpaired) electrons. The molecule has 0 aliphatic rings. The smallest absolute Gasteiger partial charge is 0.0727 e. The standard InChI is InChI=1S/C13H15ClN2/c1-8(2)12-7-13(15-3)10-6-9(14)4-5-11(10)16-12/h4-8H,1-3H3,(H,15,16). The summed E-state index contributed by atoms with van der Waals surface area (Å²) in [5.74, 6) is 0.423. The molecular weight excluding hydrogens is 220 g/mol. The van der Waals surface area contributed by atoms with Crippen LogP contribution in [0.25, 0.3) is 10.9 Å². The Labute approximate surface area is 101 Å². The molecule has 1 aromatic carbocycles. The normalized spacial score (nSPS) is 11.1. The lowest BCUT2D eigenvalue weighted by Crippen LogP contribution is -1.98. The highest BCUT2D eigenvalue weighted by atomic mass is 35.5. The van der Waals surface area contributed by atoms with E-state index in [-0.39, 0.29) is 0 Å². The van der Waals surface area contributed by atoms with E-state index in [1.165, 1.54) is 0 Å². The van der Waals surface area contributed by atoms with Crippen molar-refractivity contribution in [2.75, 3.05) is 12.4 Å². The summed E-state index contributed by atoms with van der Waals surface area (Å²) in [6.45, 7) is 4.28. The van der Waals surface area contributed by atoms with Crippen LogP contribution in [0.5, 0.6) is 0 Å². The second-order valence-electron chi connectivity index (χ2n) is 4.16. The van der Waals surface area contributed by atoms with Crippen LogP contribution in [0.4, 0.5) is 5.69 Å². The second kappa shape index (κ2) is 4.30. The number of aromatic nitrogens is 1. The maximum absolute atomic E-state index is 5.99. The Morgan fingerprint density at radius 1 is 1.25 bits per heavy atom. The predicted octanol–water partition coefficient (Wildman–Crippen LogP) is 4.05. The van der Waals surface area contributed by atoms with Crippen LogP contribution in [-0.4, -0.2) is 12.0 Å². The average Bonchev–Trinajstić information content (AvgIpc) is 2.27. The summed E-state index contributed by atoms with van der Waals surface area (Å²) >= 11 is 5.99. The minimum atomic E-state index is 0.423. The topological polar surface area (TPSA) is 24.9 Å². The van der Waals surface area contributed by atoms with Gasteiger partial charge in [0.25, 0.3) is 0 Å². The number of hydrogen-bond acceptors (Lipinski definition) is 2. The molecule has 0 atom stereocenters. The van der Waals surface area contributed by atoms with E-state index in [4.69, 9.17) is 11.6 Å². The molecule has 84 valence electrons. The fourth-order valence-corrected chi connectivity index (χ4v) is 1.89. The Balaban J connectivity index is 2.73. The van der Waals surface area contributed by atoms with E-state index in [1.807, 2.05) is 25.2 Å². The van der Waals surface area contributed by atoms with Crippen molar-refractivity contribution >= 4 is 28.2 Å². The van der Waals surface area contributed by atoms with Gasteiger partial charge in [-0.2, -0.15) is 0 Å². The zero-order valence-electron chi connectivity index (χ0n) is 9.71. The maximum atomic E-state index is 5.99. The van der Waals surface area contributed by atoms with Crippen molar-refractivity contribution < 1.29 is 0 Å². The number of anilines is 1. The molecule has 2 nitrogen and oxygen atoms in total. The zero-order chi connectivity index (χ0) is 11.7. The van der Waals surface area contributed by atoms with Gasteiger partial charge in [-0.05, 0) is 30.2 Å². The van der Waals surface area contributed by atoms with Gasteiger partial charge in [0.1, 0.15) is 0 Å². The Hall–Kier alpha value is -1.28. The number of fused-ring (bicyclic) bond motifs is 1. The Morgan fingerprint density at radius 2 is 2.00 bits per heavy atom. The summed E-state index contributed by atoms with van der Waals surface area (Å²) < 4.78 is 0. The average molecular weight is 235 g/mol. The van der Waals surface area contributed by atoms with Crippen LogP contribution in [0.3, 0.4) is 0 Å². The summed E-state index contributed by atoms with van der Waals surface area (Å²) in [4.78, 5) is 4.63. The number of halogens is 1. The summed E-state index contributed by atoms with van der Waals surface area (Å²) in [7, 11) is 1.92. The molecule has 2 aromatic rings. The van der Waals surface area contributed by atoms with Crippen molar-refractivity contribution in [2.45, 2.75) is 19.8 Å². The zero-order valence-corrected chi connectivity index (χ0v) is 10.5. The molecule has 0 aliphatic carbocycles. The SMILES string of the molecule is CNc1cc(C(C)C)nc2ccc(Cl)cc12. The van der Waals surface area contributed by atoms with Crippen molar-refractivity contribution in [2.24, 2.45) is 0 Å². The molecule has 0 spiro atoms. The van der Waals surface area contributed by atoms with Gasteiger partial charge in [-0.25, -0.2) is 0 Å². The lowest BCUT2D eigenvalue weighted by atomic mass is 10.1. The lowest BCUT2D eigenvalue weighted by molar-refractivity contribution is 0.830. The van der Waals surface area contributed by atoms with Crippen LogP contribution >= 0.6 is 11.6 Å². The number of nitrogens with one attached hydrogen (secondary N) is 1. The van der Waals surface area contributed by atoms with E-state index < -0.39 is 0 Å². The predicted molar refractivity (Wildman–Crippen MR) is 70.4 cm³/mol. The van der Waals surface area contributed by atoms with Crippen molar-refractivity contribution in [1.29, 1.82) is 0 Å². The van der Waals surface area contributed by atoms with Crippen molar-refractivity contribution in [3.63, 3.8) is 0 Å². The molecular formula is C13H15ClN2. The third kappa shape index (κ3) is 1.98. The molecule has 0 saturated carbocycles. The maximum Gasteiger partial charge on any atom is 0.0727 e. The van der Waals surface area contributed by atoms with Gasteiger partial charge in [-0.3, -0.25) is 4.98 Å². The van der Waals surface area contributed by atoms with E-state index in [0.717, 1.165) is 27.3 Å². The van der Waals surface area contributed by atoms with Gasteiger partial charge in [0.15, 0.2) is 0 Å². The molecule has 0 unspecified atom stereocenters. The Kier molecular flexibility index (Phi) is 3.01. The molecule has 0 aliphatic heterocycles. The highest BCUT2D eigenvalue weighted by Gasteiger charge is 2.07. The summed E-state index contributed by atoms with van der Waals surface area (Å²) in [5.41, 5.74) is 3.16. The minimum Gasteiger partial charge on any atom is -0.388 e. The number of rotatable bonds is 2. The largest absolute Gasteiger partial charge is 0.388 e. The van der Waals surface area contributed by atoms with Crippen LogP contribution in [0.2, 0.25) is 5.02 Å². The number of nitrogens with zero attached hydrogens (tertiary/aromatic N) is 1. The van der Waals surface area contributed by atoms with Crippen LogP contribution in [0, 0.1) is 0 Å². The fourth-order valence-electron chi connectivity index (χ4n) is 1.72. The van der Waals surface area contributed by atoms with Gasteiger partial charge in [-0.15, -0.1) is 0 Å². The van der Waals surface area contributed by atoms with Gasteiger partial charge in [0.2, 0.25) is 0 Å². The number of pyridine rings is 1. The van der Waals surface area contributed by atoms with E-state index in [9.17, 15) is 0 Å². The second-order valence-corrected chi connectivity index (χ2v) is 4.60. The first-order valence-electron chi connectivity index (χ1n) is 5.39. The quantitative estimate of drug-likeness (QED) is 0.848. The van der Waals surface area contributed by atoms with Gasteiger partial charge < -0.3 is 5.32 Å². The molecule has 1 N–H and O–H groups in total. The summed E-state index contributed by atoms with van der Waals surface area (Å²) in [5, 5.41) is 5.00. The first-order chi connectivity index (χ1) is 7.61. The van der Waals surface area contributed by atoms with Crippen molar-refractivity contribution in [3.8, 4) is 0 Å². The number of hydrogen-bond donors (Lipinski definition) is 1. The number of benzene rings is 1. The fraction of sp³-hybridized carbons (Fsp3) is 0.308. The van der Waals surface area contributed by atoms with E-state index in [1.54, 1.807) is 0 Å². The van der Waals surface area contributed by atoms with Gasteiger partial charge in [-0.1, -0.05) is 25.4 Å².